The molecule has 0 spiro atoms. The van der Waals surface area contributed by atoms with E-state index in [1.807, 2.05) is 0 Å². The Morgan fingerprint density at radius 3 is 2.05 bits per heavy atom. The molecular weight excluding hydrogens is 238 g/mol. The summed E-state index contributed by atoms with van der Waals surface area (Å²) < 4.78 is 0. The van der Waals surface area contributed by atoms with E-state index in [1.54, 1.807) is 0 Å². The summed E-state index contributed by atoms with van der Waals surface area (Å²) in [5.41, 5.74) is 0. The lowest BCUT2D eigenvalue weighted by atomic mass is 10.2. The number of rotatable bonds is 6. The molecule has 1 atom stereocenters. The fraction of sp³-hybridized carbons (Fsp3) is 1.00. The van der Waals surface area contributed by atoms with Gasteiger partial charge in [0.25, 0.3) is 0 Å². The molecule has 2 heterocycles. The fourth-order valence-electron chi connectivity index (χ4n) is 3.26. The number of hydrazine groups is 1. The van der Waals surface area contributed by atoms with Crippen molar-refractivity contribution in [3.8, 4) is 0 Å². The monoisotopic (exact) mass is 269 g/mol. The topological polar surface area (TPSA) is 33.8 Å². The molecule has 0 amide bonds. The average Bonchev–Trinajstić information content (AvgIpc) is 2.49. The lowest BCUT2D eigenvalue weighted by Crippen LogP contribution is -2.62. The third kappa shape index (κ3) is 4.13. The van der Waals surface area contributed by atoms with Crippen molar-refractivity contribution < 1.29 is 0 Å². The molecular formula is C14H31N5. The zero-order valence-corrected chi connectivity index (χ0v) is 12.7. The molecule has 0 aromatic rings. The first-order valence-corrected chi connectivity index (χ1v) is 8.03. The summed E-state index contributed by atoms with van der Waals surface area (Å²) in [7, 11) is 0. The fourth-order valence-corrected chi connectivity index (χ4v) is 3.26. The van der Waals surface area contributed by atoms with Gasteiger partial charge in [-0.05, 0) is 12.8 Å². The molecule has 2 aliphatic rings. The van der Waals surface area contributed by atoms with Crippen molar-refractivity contribution in [2.75, 3.05) is 58.9 Å². The lowest BCUT2D eigenvalue weighted by Gasteiger charge is -2.47. The van der Waals surface area contributed by atoms with Crippen LogP contribution >= 0.6 is 0 Å². The number of hydrogen-bond donors (Lipinski definition) is 2. The Labute approximate surface area is 118 Å². The van der Waals surface area contributed by atoms with Gasteiger partial charge in [0.05, 0.1) is 6.17 Å². The van der Waals surface area contributed by atoms with Crippen LogP contribution in [0, 0.1) is 0 Å². The maximum atomic E-state index is 3.46. The van der Waals surface area contributed by atoms with Crippen LogP contribution in [0.3, 0.4) is 0 Å². The van der Waals surface area contributed by atoms with Crippen LogP contribution in [0.2, 0.25) is 0 Å². The standard InChI is InChI=1S/C14H31N5/c1-3-9-19(18-12-7-16-8-13-18)14(4-2)17-10-5-15-6-11-17/h14-16H,3-13H2,1-2H3. The van der Waals surface area contributed by atoms with E-state index >= 15 is 0 Å². The average molecular weight is 269 g/mol. The Hall–Kier alpha value is -0.200. The van der Waals surface area contributed by atoms with Gasteiger partial charge in [0.1, 0.15) is 0 Å². The Morgan fingerprint density at radius 1 is 0.947 bits per heavy atom. The van der Waals surface area contributed by atoms with E-state index in [0.29, 0.717) is 6.17 Å². The van der Waals surface area contributed by atoms with Gasteiger partial charge < -0.3 is 10.6 Å². The predicted molar refractivity (Wildman–Crippen MR) is 80.0 cm³/mol. The first-order valence-electron chi connectivity index (χ1n) is 8.03. The molecule has 2 N–H and O–H groups in total. The number of nitrogens with one attached hydrogen (secondary N) is 2. The molecule has 2 aliphatic heterocycles. The van der Waals surface area contributed by atoms with Crippen molar-refractivity contribution in [3.63, 3.8) is 0 Å². The second kappa shape index (κ2) is 8.17. The second-order valence-electron chi connectivity index (χ2n) is 5.54. The summed E-state index contributed by atoms with van der Waals surface area (Å²) in [5.74, 6) is 0. The van der Waals surface area contributed by atoms with Crippen molar-refractivity contribution in [2.24, 2.45) is 0 Å². The summed E-state index contributed by atoms with van der Waals surface area (Å²) in [5, 5.41) is 12.1. The Kier molecular flexibility index (Phi) is 6.53. The van der Waals surface area contributed by atoms with E-state index in [2.05, 4.69) is 39.4 Å². The molecule has 2 rings (SSSR count). The highest BCUT2D eigenvalue weighted by Gasteiger charge is 2.29. The molecule has 1 unspecified atom stereocenters. The molecule has 19 heavy (non-hydrogen) atoms. The first-order chi connectivity index (χ1) is 9.36. The SMILES string of the molecule is CCCN(C(CC)N1CCNCC1)N1CCNCC1. The third-order valence-corrected chi connectivity index (χ3v) is 4.19. The van der Waals surface area contributed by atoms with Gasteiger partial charge in [0.2, 0.25) is 0 Å². The Morgan fingerprint density at radius 2 is 1.53 bits per heavy atom. The highest BCUT2D eigenvalue weighted by atomic mass is 15.7. The van der Waals surface area contributed by atoms with Gasteiger partial charge in [0.15, 0.2) is 0 Å². The van der Waals surface area contributed by atoms with Gasteiger partial charge in [-0.3, -0.25) is 4.90 Å². The van der Waals surface area contributed by atoms with Crippen LogP contribution in [0.25, 0.3) is 0 Å². The maximum Gasteiger partial charge on any atom is 0.0758 e. The summed E-state index contributed by atoms with van der Waals surface area (Å²) in [6.45, 7) is 15.0. The van der Waals surface area contributed by atoms with Crippen LogP contribution in [-0.4, -0.2) is 80.0 Å². The van der Waals surface area contributed by atoms with Gasteiger partial charge in [-0.2, -0.15) is 0 Å². The minimum absolute atomic E-state index is 0.583. The van der Waals surface area contributed by atoms with Crippen molar-refractivity contribution in [1.29, 1.82) is 0 Å². The zero-order chi connectivity index (χ0) is 13.5. The van der Waals surface area contributed by atoms with E-state index in [-0.39, 0.29) is 0 Å². The normalized spacial score (nSPS) is 24.8. The summed E-state index contributed by atoms with van der Waals surface area (Å²) >= 11 is 0. The molecule has 2 saturated heterocycles. The van der Waals surface area contributed by atoms with Crippen LogP contribution in [0.4, 0.5) is 0 Å². The molecule has 0 bridgehead atoms. The van der Waals surface area contributed by atoms with Gasteiger partial charge in [-0.15, -0.1) is 0 Å². The van der Waals surface area contributed by atoms with E-state index < -0.39 is 0 Å². The maximum absolute atomic E-state index is 3.46. The minimum Gasteiger partial charge on any atom is -0.314 e. The van der Waals surface area contributed by atoms with E-state index in [9.17, 15) is 0 Å². The molecule has 0 saturated carbocycles. The lowest BCUT2D eigenvalue weighted by molar-refractivity contribution is -0.122. The molecule has 0 aromatic carbocycles. The first kappa shape index (κ1) is 15.2. The van der Waals surface area contributed by atoms with Gasteiger partial charge in [0, 0.05) is 58.9 Å². The molecule has 5 heteroatoms. The minimum atomic E-state index is 0.583. The number of nitrogens with zero attached hydrogens (tertiary/aromatic N) is 3. The van der Waals surface area contributed by atoms with Crippen LogP contribution < -0.4 is 10.6 Å². The van der Waals surface area contributed by atoms with Gasteiger partial charge in [-0.1, -0.05) is 13.8 Å². The number of hydrogen-bond acceptors (Lipinski definition) is 5. The summed E-state index contributed by atoms with van der Waals surface area (Å²) in [6.07, 6.45) is 3.02. The van der Waals surface area contributed by atoms with Crippen LogP contribution in [0.5, 0.6) is 0 Å². The molecule has 2 fully saturated rings. The van der Waals surface area contributed by atoms with Crippen molar-refractivity contribution in [1.82, 2.24) is 25.6 Å². The largest absolute Gasteiger partial charge is 0.314 e. The quantitative estimate of drug-likeness (QED) is 0.718. The molecule has 112 valence electrons. The Balaban J connectivity index is 2.00. The molecule has 0 aromatic heterocycles. The summed E-state index contributed by atoms with van der Waals surface area (Å²) in [4.78, 5) is 2.66. The van der Waals surface area contributed by atoms with Crippen LogP contribution in [0.1, 0.15) is 26.7 Å². The molecule has 5 nitrogen and oxygen atoms in total. The van der Waals surface area contributed by atoms with Gasteiger partial charge >= 0.3 is 0 Å². The number of piperazine rings is 2. The van der Waals surface area contributed by atoms with E-state index in [4.69, 9.17) is 0 Å². The molecule has 0 aliphatic carbocycles. The smallest absolute Gasteiger partial charge is 0.0758 e. The second-order valence-corrected chi connectivity index (χ2v) is 5.54. The third-order valence-electron chi connectivity index (χ3n) is 4.19. The van der Waals surface area contributed by atoms with Crippen LogP contribution in [-0.2, 0) is 0 Å². The molecule has 0 radical (unpaired) electrons. The van der Waals surface area contributed by atoms with E-state index in [1.165, 1.54) is 32.5 Å². The summed E-state index contributed by atoms with van der Waals surface area (Å²) in [6, 6.07) is 0. The zero-order valence-electron chi connectivity index (χ0n) is 12.7. The van der Waals surface area contributed by atoms with Crippen LogP contribution in [0.15, 0.2) is 0 Å². The highest BCUT2D eigenvalue weighted by molar-refractivity contribution is 4.78. The van der Waals surface area contributed by atoms with Gasteiger partial charge in [-0.25, -0.2) is 10.0 Å². The van der Waals surface area contributed by atoms with Crippen molar-refractivity contribution in [2.45, 2.75) is 32.9 Å². The van der Waals surface area contributed by atoms with Crippen molar-refractivity contribution >= 4 is 0 Å². The Bertz CT molecular complexity index is 236. The van der Waals surface area contributed by atoms with Crippen molar-refractivity contribution in [3.05, 3.63) is 0 Å². The predicted octanol–water partition coefficient (Wildman–Crippen LogP) is 0.160. The van der Waals surface area contributed by atoms with E-state index in [0.717, 1.165) is 39.3 Å². The highest BCUT2D eigenvalue weighted by Crippen LogP contribution is 2.15.